The standard InChI is InChI=1S/C50H33N7O/c1-32-17-7-2-16-26-43(58)57-42-28-27-37(49-53-45(33-18-8-3-9-19-33)51-46(54-49)34-20-10-4-11-21-34)29-40(42)41-31-38(30-39(32)44(41)57)50-55-47(35-22-12-5-13-23-35)52-48(56-50)36-24-14-6-15-25-36/h2-25,27-31H,1,26H2/b16-2-,17-7-. The molecule has 0 N–H and O–H groups in total. The van der Waals surface area contributed by atoms with Gasteiger partial charge in [-0.3, -0.25) is 9.36 Å². The Balaban J connectivity index is 1.24. The van der Waals surface area contributed by atoms with E-state index in [4.69, 9.17) is 29.9 Å². The number of benzene rings is 6. The van der Waals surface area contributed by atoms with Crippen molar-refractivity contribution in [1.82, 2.24) is 34.5 Å². The maximum absolute atomic E-state index is 14.2. The second-order valence-electron chi connectivity index (χ2n) is 14.0. The maximum atomic E-state index is 14.2. The Morgan fingerprint density at radius 1 is 0.448 bits per heavy atom. The molecule has 9 aromatic rings. The van der Waals surface area contributed by atoms with Gasteiger partial charge in [0.2, 0.25) is 5.91 Å². The van der Waals surface area contributed by atoms with Gasteiger partial charge >= 0.3 is 0 Å². The summed E-state index contributed by atoms with van der Waals surface area (Å²) in [6.07, 6.45) is 7.88. The number of hydrogen-bond acceptors (Lipinski definition) is 7. The first-order valence-corrected chi connectivity index (χ1v) is 19.0. The molecule has 8 nitrogen and oxygen atoms in total. The minimum atomic E-state index is -0.0584. The van der Waals surface area contributed by atoms with Crippen molar-refractivity contribution in [2.45, 2.75) is 6.42 Å². The zero-order valence-corrected chi connectivity index (χ0v) is 31.2. The zero-order valence-electron chi connectivity index (χ0n) is 31.2. The molecule has 0 atom stereocenters. The topological polar surface area (TPSA) is 99.3 Å². The average Bonchev–Trinajstić information content (AvgIpc) is 3.63. The van der Waals surface area contributed by atoms with Gasteiger partial charge in [0.15, 0.2) is 34.9 Å². The third kappa shape index (κ3) is 6.38. The third-order valence-electron chi connectivity index (χ3n) is 10.2. The zero-order chi connectivity index (χ0) is 39.0. The second-order valence-corrected chi connectivity index (χ2v) is 14.0. The lowest BCUT2D eigenvalue weighted by Gasteiger charge is -2.13. The highest BCUT2D eigenvalue weighted by Gasteiger charge is 2.23. The molecule has 1 aliphatic rings. The molecule has 3 aromatic heterocycles. The van der Waals surface area contributed by atoms with Gasteiger partial charge in [0, 0.05) is 56.1 Å². The van der Waals surface area contributed by atoms with E-state index in [1.54, 1.807) is 0 Å². The fourth-order valence-corrected chi connectivity index (χ4v) is 7.40. The van der Waals surface area contributed by atoms with Crippen molar-refractivity contribution in [3.8, 4) is 68.3 Å². The summed E-state index contributed by atoms with van der Waals surface area (Å²) < 4.78 is 1.82. The normalized spacial score (nSPS) is 13.8. The SMILES string of the molecule is C=C1/C=C\C=C/CC(=O)n2c3ccc(-c4nc(-c5ccccc5)nc(-c5ccccc5)n4)cc3c3cc(-c4nc(-c5ccccc5)nc(-c5ccccc5)n4)cc1c32. The number of hydrogen-bond donors (Lipinski definition) is 0. The Morgan fingerprint density at radius 2 is 0.879 bits per heavy atom. The fourth-order valence-electron chi connectivity index (χ4n) is 7.40. The maximum Gasteiger partial charge on any atom is 0.235 e. The van der Waals surface area contributed by atoms with Crippen LogP contribution in [-0.4, -0.2) is 40.4 Å². The van der Waals surface area contributed by atoms with Crippen LogP contribution in [-0.2, 0) is 0 Å². The van der Waals surface area contributed by atoms with Crippen LogP contribution < -0.4 is 0 Å². The molecular weight excluding hydrogens is 715 g/mol. The van der Waals surface area contributed by atoms with E-state index >= 15 is 0 Å². The molecule has 10 rings (SSSR count). The summed E-state index contributed by atoms with van der Waals surface area (Å²) in [6.45, 7) is 4.49. The van der Waals surface area contributed by atoms with Crippen molar-refractivity contribution < 1.29 is 4.79 Å². The molecule has 6 aromatic carbocycles. The minimum absolute atomic E-state index is 0.0584. The highest BCUT2D eigenvalue weighted by Crippen LogP contribution is 2.40. The molecule has 0 spiro atoms. The lowest BCUT2D eigenvalue weighted by Crippen LogP contribution is -2.10. The van der Waals surface area contributed by atoms with Crippen LogP contribution in [0, 0.1) is 0 Å². The molecule has 0 unspecified atom stereocenters. The van der Waals surface area contributed by atoms with Crippen molar-refractivity contribution in [1.29, 1.82) is 0 Å². The van der Waals surface area contributed by atoms with Crippen LogP contribution in [0.3, 0.4) is 0 Å². The van der Waals surface area contributed by atoms with Crippen LogP contribution in [0.2, 0.25) is 0 Å². The van der Waals surface area contributed by atoms with E-state index < -0.39 is 0 Å². The second kappa shape index (κ2) is 14.6. The van der Waals surface area contributed by atoms with Gasteiger partial charge in [0.1, 0.15) is 0 Å². The average molecular weight is 748 g/mol. The van der Waals surface area contributed by atoms with Crippen LogP contribution in [0.5, 0.6) is 0 Å². The van der Waals surface area contributed by atoms with E-state index in [1.165, 1.54) is 0 Å². The molecule has 4 heterocycles. The van der Waals surface area contributed by atoms with Gasteiger partial charge in [-0.25, -0.2) is 29.9 Å². The van der Waals surface area contributed by atoms with Crippen LogP contribution in [0.15, 0.2) is 183 Å². The van der Waals surface area contributed by atoms with Crippen molar-refractivity contribution in [2.24, 2.45) is 0 Å². The van der Waals surface area contributed by atoms with Crippen molar-refractivity contribution in [3.63, 3.8) is 0 Å². The van der Waals surface area contributed by atoms with Crippen molar-refractivity contribution in [3.05, 3.63) is 188 Å². The number of nitrogens with zero attached hydrogens (tertiary/aromatic N) is 7. The van der Waals surface area contributed by atoms with Crippen LogP contribution >= 0.6 is 0 Å². The fraction of sp³-hybridized carbons (Fsp3) is 0.0200. The molecule has 0 bridgehead atoms. The van der Waals surface area contributed by atoms with Gasteiger partial charge in [0.25, 0.3) is 0 Å². The van der Waals surface area contributed by atoms with E-state index in [2.05, 4.69) is 18.7 Å². The Bertz CT molecular complexity index is 2990. The van der Waals surface area contributed by atoms with Crippen LogP contribution in [0.1, 0.15) is 16.8 Å². The molecule has 0 aliphatic carbocycles. The Labute approximate surface area is 334 Å². The van der Waals surface area contributed by atoms with Gasteiger partial charge in [-0.2, -0.15) is 0 Å². The molecule has 0 radical (unpaired) electrons. The number of rotatable bonds is 6. The van der Waals surface area contributed by atoms with E-state index in [9.17, 15) is 4.79 Å². The highest BCUT2D eigenvalue weighted by molar-refractivity contribution is 6.18. The van der Waals surface area contributed by atoms with Crippen LogP contribution in [0.4, 0.5) is 0 Å². The van der Waals surface area contributed by atoms with Crippen molar-refractivity contribution >= 4 is 33.3 Å². The Kier molecular flexibility index (Phi) is 8.69. The van der Waals surface area contributed by atoms with Crippen molar-refractivity contribution in [2.75, 3.05) is 0 Å². The Hall–Kier alpha value is -7.97. The summed E-state index contributed by atoms with van der Waals surface area (Å²) in [6, 6.07) is 49.8. The van der Waals surface area contributed by atoms with E-state index in [-0.39, 0.29) is 12.3 Å². The third-order valence-corrected chi connectivity index (χ3v) is 10.2. The minimum Gasteiger partial charge on any atom is -0.279 e. The predicted octanol–water partition coefficient (Wildman–Crippen LogP) is 11.3. The lowest BCUT2D eigenvalue weighted by molar-refractivity contribution is 0.0927. The molecule has 58 heavy (non-hydrogen) atoms. The van der Waals surface area contributed by atoms with Gasteiger partial charge in [-0.1, -0.05) is 152 Å². The van der Waals surface area contributed by atoms with E-state index in [1.807, 2.05) is 168 Å². The van der Waals surface area contributed by atoms with E-state index in [0.717, 1.165) is 66.3 Å². The molecule has 0 saturated carbocycles. The molecule has 0 fully saturated rings. The number of aromatic nitrogens is 7. The summed E-state index contributed by atoms with van der Waals surface area (Å²) in [5, 5.41) is 1.70. The molecular formula is C50H33N7O. The van der Waals surface area contributed by atoms with Gasteiger partial charge in [-0.05, 0) is 35.9 Å². The number of carbonyl (C=O) groups excluding carboxylic acids is 1. The Morgan fingerprint density at radius 3 is 1.36 bits per heavy atom. The van der Waals surface area contributed by atoms with Gasteiger partial charge in [-0.15, -0.1) is 0 Å². The molecule has 0 amide bonds. The number of allylic oxidation sites excluding steroid dienone is 5. The summed E-state index contributed by atoms with van der Waals surface area (Å²) in [5.41, 5.74) is 8.12. The highest BCUT2D eigenvalue weighted by atomic mass is 16.2. The van der Waals surface area contributed by atoms with Crippen LogP contribution in [0.25, 0.3) is 95.7 Å². The monoisotopic (exact) mass is 747 g/mol. The first kappa shape index (κ1) is 34.5. The summed E-state index contributed by atoms with van der Waals surface area (Å²) in [4.78, 5) is 44.2. The lowest BCUT2D eigenvalue weighted by atomic mass is 9.98. The molecule has 1 aliphatic heterocycles. The van der Waals surface area contributed by atoms with Gasteiger partial charge in [0.05, 0.1) is 11.0 Å². The molecule has 8 heteroatoms. The summed E-state index contributed by atoms with van der Waals surface area (Å²) in [5.74, 6) is 3.21. The summed E-state index contributed by atoms with van der Waals surface area (Å²) >= 11 is 0. The summed E-state index contributed by atoms with van der Waals surface area (Å²) in [7, 11) is 0. The molecule has 0 saturated heterocycles. The molecule has 274 valence electrons. The predicted molar refractivity (Wildman–Crippen MR) is 231 cm³/mol. The van der Waals surface area contributed by atoms with Gasteiger partial charge < -0.3 is 0 Å². The number of fused-ring (bicyclic) bond motifs is 3. The first-order chi connectivity index (χ1) is 28.6. The number of carbonyl (C=O) groups is 1. The smallest absolute Gasteiger partial charge is 0.235 e. The largest absolute Gasteiger partial charge is 0.279 e. The van der Waals surface area contributed by atoms with E-state index in [0.29, 0.717) is 34.9 Å². The quantitative estimate of drug-likeness (QED) is 0.167. The first-order valence-electron chi connectivity index (χ1n) is 19.0.